The van der Waals surface area contributed by atoms with Crippen LogP contribution in [0.3, 0.4) is 0 Å². The molecule has 1 heterocycles. The van der Waals surface area contributed by atoms with Crippen molar-refractivity contribution < 1.29 is 31.1 Å². The summed E-state index contributed by atoms with van der Waals surface area (Å²) in [6.45, 7) is 1.72. The maximum Gasteiger partial charge on any atom is 0.339 e. The van der Waals surface area contributed by atoms with E-state index in [1.54, 1.807) is 6.92 Å². The number of halogens is 3. The van der Waals surface area contributed by atoms with Crippen LogP contribution in [0, 0.1) is 17.5 Å². The lowest BCUT2D eigenvalue weighted by Crippen LogP contribution is -2.10. The maximum absolute atomic E-state index is 14.7. The molecule has 1 unspecified atom stereocenters. The highest BCUT2D eigenvalue weighted by atomic mass is 32.2. The van der Waals surface area contributed by atoms with Crippen molar-refractivity contribution in [3.8, 4) is 0 Å². The van der Waals surface area contributed by atoms with E-state index in [0.717, 1.165) is 24.5 Å². The smallest absolute Gasteiger partial charge is 0.339 e. The Morgan fingerprint density at radius 1 is 1.00 bits per heavy atom. The molecule has 0 saturated heterocycles. The number of sulfone groups is 1. The van der Waals surface area contributed by atoms with Gasteiger partial charge in [0.05, 0.1) is 10.5 Å². The van der Waals surface area contributed by atoms with Gasteiger partial charge in [0, 0.05) is 17.4 Å². The van der Waals surface area contributed by atoms with Crippen LogP contribution in [0.25, 0.3) is 11.1 Å². The van der Waals surface area contributed by atoms with Crippen molar-refractivity contribution in [1.82, 2.24) is 0 Å². The molecule has 0 radical (unpaired) electrons. The van der Waals surface area contributed by atoms with E-state index in [-0.39, 0.29) is 27.2 Å². The average Bonchev–Trinajstić information content (AvgIpc) is 2.92. The van der Waals surface area contributed by atoms with Crippen molar-refractivity contribution in [2.75, 3.05) is 6.26 Å². The quantitative estimate of drug-likeness (QED) is 0.739. The second-order valence-corrected chi connectivity index (χ2v) is 8.15. The van der Waals surface area contributed by atoms with Crippen molar-refractivity contribution in [2.24, 2.45) is 0 Å². The lowest BCUT2D eigenvalue weighted by atomic mass is 9.91. The van der Waals surface area contributed by atoms with Crippen LogP contribution in [0.5, 0.6) is 0 Å². The summed E-state index contributed by atoms with van der Waals surface area (Å²) in [6.07, 6.45) is 0.477. The maximum atomic E-state index is 14.7. The summed E-state index contributed by atoms with van der Waals surface area (Å²) in [7, 11) is -3.62. The molecule has 4 nitrogen and oxygen atoms in total. The van der Waals surface area contributed by atoms with E-state index in [9.17, 15) is 26.4 Å². The highest BCUT2D eigenvalue weighted by molar-refractivity contribution is 7.90. The number of benzene rings is 2. The second-order valence-electron chi connectivity index (χ2n) is 6.13. The van der Waals surface area contributed by atoms with Gasteiger partial charge in [-0.15, -0.1) is 0 Å². The second kappa shape index (κ2) is 6.84. The van der Waals surface area contributed by atoms with Crippen LogP contribution in [-0.2, 0) is 19.4 Å². The molecular weight excluding hydrogens is 381 g/mol. The predicted molar refractivity (Wildman–Crippen MR) is 92.9 cm³/mol. The van der Waals surface area contributed by atoms with Crippen molar-refractivity contribution in [3.63, 3.8) is 0 Å². The fraction of sp³-hybridized carbons (Fsp3) is 0.211. The number of hydrogen-bond donors (Lipinski definition) is 0. The van der Waals surface area contributed by atoms with Crippen LogP contribution in [0.1, 0.15) is 24.5 Å². The first-order valence-electron chi connectivity index (χ1n) is 8.04. The molecule has 1 aliphatic rings. The highest BCUT2D eigenvalue weighted by Crippen LogP contribution is 2.40. The lowest BCUT2D eigenvalue weighted by Gasteiger charge is -2.14. The van der Waals surface area contributed by atoms with Gasteiger partial charge in [-0.2, -0.15) is 0 Å². The van der Waals surface area contributed by atoms with Crippen LogP contribution in [0.2, 0.25) is 0 Å². The zero-order valence-electron chi connectivity index (χ0n) is 14.4. The number of hydrogen-bond acceptors (Lipinski definition) is 4. The summed E-state index contributed by atoms with van der Waals surface area (Å²) in [5.74, 6) is -3.87. The van der Waals surface area contributed by atoms with Crippen molar-refractivity contribution in [3.05, 3.63) is 65.0 Å². The Hall–Kier alpha value is -2.61. The number of carbonyl (C=O) groups excluding carboxylic acids is 1. The van der Waals surface area contributed by atoms with Crippen LogP contribution in [0.15, 0.2) is 41.3 Å². The Bertz CT molecular complexity index is 1070. The number of rotatable bonds is 4. The van der Waals surface area contributed by atoms with E-state index >= 15 is 0 Å². The number of ether oxygens (including phenoxy) is 1. The summed E-state index contributed by atoms with van der Waals surface area (Å²) in [4.78, 5) is 12.1. The van der Waals surface area contributed by atoms with Gasteiger partial charge >= 0.3 is 5.97 Å². The lowest BCUT2D eigenvalue weighted by molar-refractivity contribution is -0.137. The predicted octanol–water partition coefficient (Wildman–Crippen LogP) is 3.75. The fourth-order valence-corrected chi connectivity index (χ4v) is 3.62. The number of carbonyl (C=O) groups is 1. The van der Waals surface area contributed by atoms with E-state index in [0.29, 0.717) is 6.42 Å². The third-order valence-corrected chi connectivity index (χ3v) is 5.39. The van der Waals surface area contributed by atoms with Crippen LogP contribution in [0.4, 0.5) is 13.2 Å². The fourth-order valence-electron chi connectivity index (χ4n) is 2.98. The minimum Gasteiger partial charge on any atom is -0.454 e. The summed E-state index contributed by atoms with van der Waals surface area (Å²) in [5, 5.41) is 0. The minimum atomic E-state index is -3.62. The van der Waals surface area contributed by atoms with E-state index in [1.165, 1.54) is 18.2 Å². The standard InChI is InChI=1S/C19H15F3O4S/c1-3-16-18(12-6-5-11(9-14(12)21)27(2,24)25)17(19(23)26-16)10-4-7-13(20)15(22)8-10/h4-9,16H,3H2,1-2H3. The van der Waals surface area contributed by atoms with E-state index < -0.39 is 39.4 Å². The molecule has 0 N–H and O–H groups in total. The van der Waals surface area contributed by atoms with Crippen molar-refractivity contribution in [1.29, 1.82) is 0 Å². The molecule has 0 amide bonds. The molecule has 27 heavy (non-hydrogen) atoms. The van der Waals surface area contributed by atoms with Gasteiger partial charge in [0.1, 0.15) is 11.9 Å². The molecular formula is C19H15F3O4S. The Kier molecular flexibility index (Phi) is 4.86. The van der Waals surface area contributed by atoms with Crippen molar-refractivity contribution in [2.45, 2.75) is 24.3 Å². The molecule has 1 aliphatic heterocycles. The molecule has 0 aliphatic carbocycles. The first kappa shape index (κ1) is 19.2. The van der Waals surface area contributed by atoms with E-state index in [4.69, 9.17) is 4.74 Å². The Morgan fingerprint density at radius 3 is 2.26 bits per heavy atom. The molecule has 0 spiro atoms. The van der Waals surface area contributed by atoms with Crippen LogP contribution >= 0.6 is 0 Å². The molecule has 3 rings (SSSR count). The Morgan fingerprint density at radius 2 is 1.70 bits per heavy atom. The summed E-state index contributed by atoms with van der Waals surface area (Å²) >= 11 is 0. The zero-order chi connectivity index (χ0) is 19.9. The third kappa shape index (κ3) is 3.49. The topological polar surface area (TPSA) is 60.4 Å². The molecule has 142 valence electrons. The number of esters is 1. The SMILES string of the molecule is CCC1OC(=O)C(c2ccc(F)c(F)c2)=C1c1ccc(S(C)(=O)=O)cc1F. The molecule has 0 bridgehead atoms. The van der Waals surface area contributed by atoms with Gasteiger partial charge in [-0.05, 0) is 36.2 Å². The average molecular weight is 396 g/mol. The van der Waals surface area contributed by atoms with Gasteiger partial charge < -0.3 is 4.74 Å². The Balaban J connectivity index is 2.25. The van der Waals surface area contributed by atoms with Gasteiger partial charge in [0.25, 0.3) is 0 Å². The third-order valence-electron chi connectivity index (χ3n) is 4.28. The van der Waals surface area contributed by atoms with E-state index in [1.807, 2.05) is 0 Å². The van der Waals surface area contributed by atoms with Gasteiger partial charge in [-0.1, -0.05) is 19.1 Å². The molecule has 0 saturated carbocycles. The zero-order valence-corrected chi connectivity index (χ0v) is 15.2. The molecule has 0 aromatic heterocycles. The van der Waals surface area contributed by atoms with Gasteiger partial charge in [0.2, 0.25) is 0 Å². The first-order valence-corrected chi connectivity index (χ1v) is 9.93. The summed E-state index contributed by atoms with van der Waals surface area (Å²) in [5.41, 5.74) is 0.120. The molecule has 1 atom stereocenters. The first-order chi connectivity index (χ1) is 12.6. The van der Waals surface area contributed by atoms with Gasteiger partial charge in [-0.25, -0.2) is 26.4 Å². The molecule has 2 aromatic rings. The largest absolute Gasteiger partial charge is 0.454 e. The monoisotopic (exact) mass is 396 g/mol. The number of cyclic esters (lactones) is 1. The molecule has 0 fully saturated rings. The van der Waals surface area contributed by atoms with Crippen LogP contribution < -0.4 is 0 Å². The summed E-state index contributed by atoms with van der Waals surface area (Å²) in [6, 6.07) is 6.23. The highest BCUT2D eigenvalue weighted by Gasteiger charge is 2.36. The normalized spacial score (nSPS) is 17.4. The summed E-state index contributed by atoms with van der Waals surface area (Å²) < 4.78 is 70.1. The van der Waals surface area contributed by atoms with E-state index in [2.05, 4.69) is 0 Å². The van der Waals surface area contributed by atoms with Gasteiger partial charge in [-0.3, -0.25) is 0 Å². The molecule has 8 heteroatoms. The van der Waals surface area contributed by atoms with Crippen LogP contribution in [-0.4, -0.2) is 26.7 Å². The Labute approximate surface area is 154 Å². The van der Waals surface area contributed by atoms with Gasteiger partial charge in [0.15, 0.2) is 21.5 Å². The molecule has 2 aromatic carbocycles. The minimum absolute atomic E-state index is 0.0279. The van der Waals surface area contributed by atoms with Crippen molar-refractivity contribution >= 4 is 27.0 Å².